The van der Waals surface area contributed by atoms with Gasteiger partial charge in [0, 0.05) is 17.1 Å². The highest BCUT2D eigenvalue weighted by atomic mass is 15.1. The number of rotatable bonds is 1. The number of para-hydroxylation sites is 2. The molecule has 1 nitrogen and oxygen atoms in total. The molecule has 1 heterocycles. The highest BCUT2D eigenvalue weighted by Gasteiger charge is 2.21. The molecule has 0 fully saturated rings. The van der Waals surface area contributed by atoms with Crippen molar-refractivity contribution in [1.29, 1.82) is 0 Å². The van der Waals surface area contributed by atoms with Gasteiger partial charge in [-0.15, -0.1) is 0 Å². The molecule has 1 aliphatic rings. The third-order valence-electron chi connectivity index (χ3n) is 4.39. The molecule has 1 aliphatic heterocycles. The third-order valence-corrected chi connectivity index (χ3v) is 4.39. The zero-order valence-corrected chi connectivity index (χ0v) is 12.8. The van der Waals surface area contributed by atoms with Crippen molar-refractivity contribution in [2.75, 3.05) is 4.90 Å². The number of benzene rings is 3. The van der Waals surface area contributed by atoms with E-state index in [4.69, 9.17) is 0 Å². The fourth-order valence-electron chi connectivity index (χ4n) is 3.29. The van der Waals surface area contributed by atoms with Crippen molar-refractivity contribution < 1.29 is 0 Å². The van der Waals surface area contributed by atoms with Crippen molar-refractivity contribution in [3.05, 3.63) is 89.5 Å². The van der Waals surface area contributed by atoms with Crippen molar-refractivity contribution in [2.45, 2.75) is 19.8 Å². The van der Waals surface area contributed by atoms with Gasteiger partial charge in [0.15, 0.2) is 0 Å². The van der Waals surface area contributed by atoms with E-state index in [0.717, 1.165) is 12.8 Å². The van der Waals surface area contributed by atoms with Gasteiger partial charge in [-0.3, -0.25) is 0 Å². The van der Waals surface area contributed by atoms with Crippen LogP contribution in [0.3, 0.4) is 0 Å². The Morgan fingerprint density at radius 2 is 1.36 bits per heavy atom. The van der Waals surface area contributed by atoms with Gasteiger partial charge in [-0.05, 0) is 60.7 Å². The number of anilines is 3. The number of nitrogens with zero attached hydrogens (tertiary/aromatic N) is 1. The smallest absolute Gasteiger partial charge is 0.0496 e. The predicted octanol–water partition coefficient (Wildman–Crippen LogP) is 5.56. The van der Waals surface area contributed by atoms with E-state index in [2.05, 4.69) is 84.6 Å². The fraction of sp³-hybridized carbons (Fsp3) is 0.143. The minimum Gasteiger partial charge on any atom is -0.310 e. The fourth-order valence-corrected chi connectivity index (χ4v) is 3.29. The lowest BCUT2D eigenvalue weighted by Gasteiger charge is -2.27. The second-order valence-electron chi connectivity index (χ2n) is 5.93. The molecule has 22 heavy (non-hydrogen) atoms. The molecule has 0 spiro atoms. The average Bonchev–Trinajstić information content (AvgIpc) is 2.72. The Bertz CT molecular complexity index is 805. The van der Waals surface area contributed by atoms with Gasteiger partial charge in [0.2, 0.25) is 0 Å². The first-order valence-corrected chi connectivity index (χ1v) is 7.85. The Labute approximate surface area is 131 Å². The maximum Gasteiger partial charge on any atom is 0.0496 e. The first-order valence-electron chi connectivity index (χ1n) is 7.85. The molecule has 4 rings (SSSR count). The third kappa shape index (κ3) is 2.19. The zero-order chi connectivity index (χ0) is 14.9. The summed E-state index contributed by atoms with van der Waals surface area (Å²) in [5, 5.41) is 0. The molecule has 0 N–H and O–H groups in total. The SMILES string of the molecule is Cc1ccc2c(c1)N(c1ccccc1)c1ccccc1CC2. The van der Waals surface area contributed by atoms with Crippen molar-refractivity contribution in [2.24, 2.45) is 0 Å². The lowest BCUT2D eigenvalue weighted by Crippen LogP contribution is -2.11. The minimum atomic E-state index is 1.09. The van der Waals surface area contributed by atoms with Gasteiger partial charge in [0.05, 0.1) is 0 Å². The Hall–Kier alpha value is -2.54. The van der Waals surface area contributed by atoms with Gasteiger partial charge in [-0.1, -0.05) is 48.5 Å². The summed E-state index contributed by atoms with van der Waals surface area (Å²) in [6.07, 6.45) is 2.19. The summed E-state index contributed by atoms with van der Waals surface area (Å²) < 4.78 is 0. The van der Waals surface area contributed by atoms with E-state index in [9.17, 15) is 0 Å². The maximum atomic E-state index is 2.41. The first-order chi connectivity index (χ1) is 10.8. The van der Waals surface area contributed by atoms with Crippen molar-refractivity contribution in [3.8, 4) is 0 Å². The summed E-state index contributed by atoms with van der Waals surface area (Å²) in [6.45, 7) is 2.17. The predicted molar refractivity (Wildman–Crippen MR) is 93.3 cm³/mol. The van der Waals surface area contributed by atoms with Crippen LogP contribution >= 0.6 is 0 Å². The maximum absolute atomic E-state index is 2.41. The Morgan fingerprint density at radius 1 is 0.682 bits per heavy atom. The molecule has 0 bridgehead atoms. The molecule has 1 heteroatoms. The second-order valence-corrected chi connectivity index (χ2v) is 5.93. The number of hydrogen-bond acceptors (Lipinski definition) is 1. The molecule has 108 valence electrons. The molecule has 0 amide bonds. The van der Waals surface area contributed by atoms with Crippen LogP contribution in [0, 0.1) is 6.92 Å². The molecule has 0 radical (unpaired) electrons. The summed E-state index contributed by atoms with van der Waals surface area (Å²) in [6, 6.07) is 26.3. The lowest BCUT2D eigenvalue weighted by molar-refractivity contribution is 0.977. The van der Waals surface area contributed by atoms with Crippen molar-refractivity contribution >= 4 is 17.1 Å². The van der Waals surface area contributed by atoms with Crippen LogP contribution in [-0.4, -0.2) is 0 Å². The molecule has 0 atom stereocenters. The van der Waals surface area contributed by atoms with Crippen LogP contribution in [0.2, 0.25) is 0 Å². The van der Waals surface area contributed by atoms with Gasteiger partial charge in [0.1, 0.15) is 0 Å². The Kier molecular flexibility index (Phi) is 3.19. The Balaban J connectivity index is 2.00. The first kappa shape index (κ1) is 13.1. The molecule has 0 saturated heterocycles. The van der Waals surface area contributed by atoms with Crippen LogP contribution in [0.25, 0.3) is 0 Å². The van der Waals surface area contributed by atoms with Crippen LogP contribution in [0.1, 0.15) is 16.7 Å². The van der Waals surface area contributed by atoms with Gasteiger partial charge < -0.3 is 4.90 Å². The highest BCUT2D eigenvalue weighted by Crippen LogP contribution is 2.41. The van der Waals surface area contributed by atoms with Crippen molar-refractivity contribution in [3.63, 3.8) is 0 Å². The molecule has 3 aromatic carbocycles. The zero-order valence-electron chi connectivity index (χ0n) is 12.8. The van der Waals surface area contributed by atoms with E-state index < -0.39 is 0 Å². The Morgan fingerprint density at radius 3 is 2.18 bits per heavy atom. The molecule has 0 saturated carbocycles. The molecule has 0 aliphatic carbocycles. The quantitative estimate of drug-likeness (QED) is 0.565. The van der Waals surface area contributed by atoms with Gasteiger partial charge in [-0.25, -0.2) is 0 Å². The van der Waals surface area contributed by atoms with E-state index in [1.165, 1.54) is 33.8 Å². The summed E-state index contributed by atoms with van der Waals surface area (Å²) in [5.41, 5.74) is 7.99. The van der Waals surface area contributed by atoms with Crippen LogP contribution in [0.4, 0.5) is 17.1 Å². The second kappa shape index (κ2) is 5.34. The highest BCUT2D eigenvalue weighted by molar-refractivity contribution is 5.81. The molecular weight excluding hydrogens is 266 g/mol. The average molecular weight is 285 g/mol. The standard InChI is InChI=1S/C21H19N/c1-16-11-12-18-14-13-17-7-5-6-10-20(17)22(21(18)15-16)19-8-3-2-4-9-19/h2-12,15H,13-14H2,1H3. The van der Waals surface area contributed by atoms with E-state index >= 15 is 0 Å². The monoisotopic (exact) mass is 285 g/mol. The minimum absolute atomic E-state index is 1.09. The lowest BCUT2D eigenvalue weighted by atomic mass is 10.0. The number of aryl methyl sites for hydroxylation is 3. The van der Waals surface area contributed by atoms with E-state index in [0.29, 0.717) is 0 Å². The molecular formula is C21H19N. The molecule has 0 aromatic heterocycles. The summed E-state index contributed by atoms with van der Waals surface area (Å²) >= 11 is 0. The van der Waals surface area contributed by atoms with Crippen LogP contribution < -0.4 is 4.90 Å². The summed E-state index contributed by atoms with van der Waals surface area (Å²) in [4.78, 5) is 2.41. The van der Waals surface area contributed by atoms with Crippen molar-refractivity contribution in [1.82, 2.24) is 0 Å². The molecule has 3 aromatic rings. The van der Waals surface area contributed by atoms with Crippen LogP contribution in [-0.2, 0) is 12.8 Å². The molecule has 0 unspecified atom stereocenters. The van der Waals surface area contributed by atoms with Crippen LogP contribution in [0.15, 0.2) is 72.8 Å². The summed E-state index contributed by atoms with van der Waals surface area (Å²) in [5.74, 6) is 0. The van der Waals surface area contributed by atoms with Gasteiger partial charge in [-0.2, -0.15) is 0 Å². The van der Waals surface area contributed by atoms with E-state index in [1.807, 2.05) is 0 Å². The largest absolute Gasteiger partial charge is 0.310 e. The number of hydrogen-bond donors (Lipinski definition) is 0. The van der Waals surface area contributed by atoms with Crippen LogP contribution in [0.5, 0.6) is 0 Å². The number of fused-ring (bicyclic) bond motifs is 2. The topological polar surface area (TPSA) is 3.24 Å². The van der Waals surface area contributed by atoms with E-state index in [1.54, 1.807) is 0 Å². The van der Waals surface area contributed by atoms with Gasteiger partial charge in [0.25, 0.3) is 0 Å². The normalized spacial score (nSPS) is 13.2. The summed E-state index contributed by atoms with van der Waals surface area (Å²) in [7, 11) is 0. The van der Waals surface area contributed by atoms with E-state index in [-0.39, 0.29) is 0 Å². The van der Waals surface area contributed by atoms with Gasteiger partial charge >= 0.3 is 0 Å².